The zero-order valence-electron chi connectivity index (χ0n) is 11.6. The molecule has 1 fully saturated rings. The summed E-state index contributed by atoms with van der Waals surface area (Å²) in [7, 11) is 1.68. The molecule has 0 radical (unpaired) electrons. The van der Waals surface area contributed by atoms with Gasteiger partial charge in [0.25, 0.3) is 0 Å². The molecule has 1 aromatic heterocycles. The third-order valence-corrected chi connectivity index (χ3v) is 4.33. The molecule has 0 bridgehead atoms. The van der Waals surface area contributed by atoms with Gasteiger partial charge in [-0.2, -0.15) is 0 Å². The van der Waals surface area contributed by atoms with Gasteiger partial charge in [0.1, 0.15) is 17.3 Å². The van der Waals surface area contributed by atoms with Crippen molar-refractivity contribution in [3.05, 3.63) is 47.9 Å². The summed E-state index contributed by atoms with van der Waals surface area (Å²) >= 11 is 1.77. The summed E-state index contributed by atoms with van der Waals surface area (Å²) in [4.78, 5) is 1.22. The summed E-state index contributed by atoms with van der Waals surface area (Å²) in [6.45, 7) is 0.845. The number of furan rings is 1. The Morgan fingerprint density at radius 2 is 1.90 bits per heavy atom. The molecule has 0 unspecified atom stereocenters. The molecule has 106 valence electrons. The first-order valence-corrected chi connectivity index (χ1v) is 7.90. The largest absolute Gasteiger partial charge is 0.497 e. The highest BCUT2D eigenvalue weighted by Crippen LogP contribution is 2.26. The Hall–Kier alpha value is -1.39. The van der Waals surface area contributed by atoms with Gasteiger partial charge in [0.05, 0.1) is 19.4 Å². The fourth-order valence-corrected chi connectivity index (χ4v) is 2.75. The summed E-state index contributed by atoms with van der Waals surface area (Å²) in [6, 6.07) is 13.0. The van der Waals surface area contributed by atoms with E-state index in [1.807, 2.05) is 12.1 Å². The minimum atomic E-state index is 0.720. The zero-order chi connectivity index (χ0) is 13.8. The van der Waals surface area contributed by atoms with E-state index in [1.54, 1.807) is 18.9 Å². The molecule has 4 heteroatoms. The summed E-state index contributed by atoms with van der Waals surface area (Å²) in [5.74, 6) is 3.80. The van der Waals surface area contributed by atoms with Crippen LogP contribution >= 0.6 is 11.8 Å². The van der Waals surface area contributed by atoms with Gasteiger partial charge in [-0.05, 0) is 49.2 Å². The van der Waals surface area contributed by atoms with E-state index in [0.717, 1.165) is 35.6 Å². The van der Waals surface area contributed by atoms with E-state index in [-0.39, 0.29) is 0 Å². The molecule has 3 nitrogen and oxygen atoms in total. The Morgan fingerprint density at radius 1 is 1.15 bits per heavy atom. The van der Waals surface area contributed by atoms with Crippen LogP contribution in [-0.4, -0.2) is 13.2 Å². The molecule has 0 amide bonds. The lowest BCUT2D eigenvalue weighted by Gasteiger charge is -2.02. The van der Waals surface area contributed by atoms with Crippen LogP contribution in [0.4, 0.5) is 0 Å². The maximum absolute atomic E-state index is 5.82. The van der Waals surface area contributed by atoms with Crippen molar-refractivity contribution in [2.45, 2.75) is 36.1 Å². The number of benzene rings is 1. The van der Waals surface area contributed by atoms with Gasteiger partial charge in [-0.25, -0.2) is 0 Å². The van der Waals surface area contributed by atoms with E-state index in [4.69, 9.17) is 9.15 Å². The standard InChI is InChI=1S/C16H19NO2S/c1-18-13-6-8-16(9-7-13)20-11-15-5-4-14(19-15)10-17-12-2-3-12/h4-9,12,17H,2-3,10-11H2,1H3. The van der Waals surface area contributed by atoms with E-state index in [9.17, 15) is 0 Å². The van der Waals surface area contributed by atoms with Gasteiger partial charge < -0.3 is 14.5 Å². The monoisotopic (exact) mass is 289 g/mol. The van der Waals surface area contributed by atoms with Crippen LogP contribution in [0.25, 0.3) is 0 Å². The Balaban J connectivity index is 1.49. The summed E-state index contributed by atoms with van der Waals surface area (Å²) in [5.41, 5.74) is 0. The van der Waals surface area contributed by atoms with Crippen molar-refractivity contribution in [3.8, 4) is 5.75 Å². The summed E-state index contributed by atoms with van der Waals surface area (Å²) < 4.78 is 11.0. The van der Waals surface area contributed by atoms with Crippen molar-refractivity contribution in [1.82, 2.24) is 5.32 Å². The molecule has 3 rings (SSSR count). The number of methoxy groups -OCH3 is 1. The molecule has 1 heterocycles. The molecule has 1 N–H and O–H groups in total. The van der Waals surface area contributed by atoms with Crippen molar-refractivity contribution in [2.24, 2.45) is 0 Å². The van der Waals surface area contributed by atoms with Gasteiger partial charge in [-0.15, -0.1) is 11.8 Å². The molecule has 20 heavy (non-hydrogen) atoms. The molecule has 1 aliphatic rings. The Bertz CT molecular complexity index is 546. The van der Waals surface area contributed by atoms with Crippen LogP contribution in [0.3, 0.4) is 0 Å². The van der Waals surface area contributed by atoms with Crippen molar-refractivity contribution < 1.29 is 9.15 Å². The number of hydrogen-bond acceptors (Lipinski definition) is 4. The lowest BCUT2D eigenvalue weighted by molar-refractivity contribution is 0.414. The second kappa shape index (κ2) is 6.37. The van der Waals surface area contributed by atoms with Crippen LogP contribution in [0.5, 0.6) is 5.75 Å². The van der Waals surface area contributed by atoms with Gasteiger partial charge in [-0.1, -0.05) is 0 Å². The molecule has 1 aromatic carbocycles. The number of hydrogen-bond donors (Lipinski definition) is 1. The van der Waals surface area contributed by atoms with Crippen molar-refractivity contribution >= 4 is 11.8 Å². The maximum Gasteiger partial charge on any atom is 0.118 e. The predicted molar refractivity (Wildman–Crippen MR) is 81.1 cm³/mol. The molecular formula is C16H19NO2S. The van der Waals surface area contributed by atoms with Gasteiger partial charge in [-0.3, -0.25) is 0 Å². The minimum Gasteiger partial charge on any atom is -0.497 e. The van der Waals surface area contributed by atoms with Gasteiger partial charge in [0.2, 0.25) is 0 Å². The molecule has 1 aliphatic carbocycles. The molecule has 0 aliphatic heterocycles. The second-order valence-corrected chi connectivity index (χ2v) is 6.04. The second-order valence-electron chi connectivity index (χ2n) is 4.99. The maximum atomic E-state index is 5.82. The van der Waals surface area contributed by atoms with E-state index in [2.05, 4.69) is 29.6 Å². The first-order chi connectivity index (χ1) is 9.83. The first-order valence-electron chi connectivity index (χ1n) is 6.91. The highest BCUT2D eigenvalue weighted by atomic mass is 32.2. The lowest BCUT2D eigenvalue weighted by atomic mass is 10.3. The SMILES string of the molecule is COc1ccc(SCc2ccc(CNC3CC3)o2)cc1. The van der Waals surface area contributed by atoms with Crippen LogP contribution < -0.4 is 10.1 Å². The Morgan fingerprint density at radius 3 is 2.60 bits per heavy atom. The van der Waals surface area contributed by atoms with Crippen molar-refractivity contribution in [2.75, 3.05) is 7.11 Å². The quantitative estimate of drug-likeness (QED) is 0.786. The number of rotatable bonds is 7. The number of nitrogens with one attached hydrogen (secondary N) is 1. The third-order valence-electron chi connectivity index (χ3n) is 3.30. The fourth-order valence-electron chi connectivity index (χ4n) is 1.95. The molecule has 1 saturated carbocycles. The predicted octanol–water partition coefficient (Wildman–Crippen LogP) is 3.83. The highest BCUT2D eigenvalue weighted by Gasteiger charge is 2.20. The first kappa shape index (κ1) is 13.6. The average molecular weight is 289 g/mol. The zero-order valence-corrected chi connectivity index (χ0v) is 12.4. The number of ether oxygens (including phenoxy) is 1. The van der Waals surface area contributed by atoms with Crippen LogP contribution in [0.1, 0.15) is 24.4 Å². The Kier molecular flexibility index (Phi) is 4.33. The molecular weight excluding hydrogens is 270 g/mol. The minimum absolute atomic E-state index is 0.720. The van der Waals surface area contributed by atoms with Crippen LogP contribution in [0, 0.1) is 0 Å². The van der Waals surface area contributed by atoms with Gasteiger partial charge >= 0.3 is 0 Å². The normalized spacial score (nSPS) is 14.4. The van der Waals surface area contributed by atoms with E-state index in [1.165, 1.54) is 17.7 Å². The molecule has 0 atom stereocenters. The third kappa shape index (κ3) is 3.81. The Labute approximate surface area is 123 Å². The van der Waals surface area contributed by atoms with Crippen LogP contribution in [0.2, 0.25) is 0 Å². The van der Waals surface area contributed by atoms with Gasteiger partial charge in [0.15, 0.2) is 0 Å². The summed E-state index contributed by atoms with van der Waals surface area (Å²) in [6.07, 6.45) is 2.61. The molecule has 0 saturated heterocycles. The van der Waals surface area contributed by atoms with Crippen molar-refractivity contribution in [3.63, 3.8) is 0 Å². The van der Waals surface area contributed by atoms with E-state index >= 15 is 0 Å². The van der Waals surface area contributed by atoms with Crippen LogP contribution in [0.15, 0.2) is 45.7 Å². The average Bonchev–Trinajstić information content (AvgIpc) is 3.22. The van der Waals surface area contributed by atoms with Gasteiger partial charge in [0, 0.05) is 10.9 Å². The van der Waals surface area contributed by atoms with E-state index < -0.39 is 0 Å². The summed E-state index contributed by atoms with van der Waals surface area (Å²) in [5, 5.41) is 3.46. The molecule has 0 spiro atoms. The lowest BCUT2D eigenvalue weighted by Crippen LogP contribution is -2.14. The topological polar surface area (TPSA) is 34.4 Å². The van der Waals surface area contributed by atoms with Crippen LogP contribution in [-0.2, 0) is 12.3 Å². The highest BCUT2D eigenvalue weighted by molar-refractivity contribution is 7.98. The number of thioether (sulfide) groups is 1. The molecule has 2 aromatic rings. The smallest absolute Gasteiger partial charge is 0.118 e. The van der Waals surface area contributed by atoms with E-state index in [0.29, 0.717) is 0 Å². The van der Waals surface area contributed by atoms with Crippen molar-refractivity contribution in [1.29, 1.82) is 0 Å². The fraction of sp³-hybridized carbons (Fsp3) is 0.375.